The van der Waals surface area contributed by atoms with Crippen LogP contribution in [0.3, 0.4) is 0 Å². The van der Waals surface area contributed by atoms with Crippen molar-refractivity contribution < 1.29 is 0 Å². The summed E-state index contributed by atoms with van der Waals surface area (Å²) in [7, 11) is 1.95. The van der Waals surface area contributed by atoms with Crippen molar-refractivity contribution in [3.63, 3.8) is 0 Å². The zero-order valence-electron chi connectivity index (χ0n) is 15.4. The highest BCUT2D eigenvalue weighted by atomic mass is 15.4. The number of aromatic nitrogens is 3. The third kappa shape index (κ3) is 7.12. The first-order valence-electron chi connectivity index (χ1n) is 9.10. The lowest BCUT2D eigenvalue weighted by Gasteiger charge is -2.25. The number of nitrogens with zero attached hydrogens (tertiary/aromatic N) is 5. The van der Waals surface area contributed by atoms with E-state index in [9.17, 15) is 0 Å². The van der Waals surface area contributed by atoms with Crippen molar-refractivity contribution in [1.29, 1.82) is 0 Å². The predicted molar refractivity (Wildman–Crippen MR) is 98.0 cm³/mol. The number of unbranched alkanes of at least 4 members (excludes halogenated alkanes) is 3. The minimum absolute atomic E-state index is 0.752. The molecule has 132 valence electrons. The van der Waals surface area contributed by atoms with Crippen molar-refractivity contribution in [2.75, 3.05) is 43.2 Å². The average molecular weight is 323 g/mol. The van der Waals surface area contributed by atoms with Gasteiger partial charge in [0, 0.05) is 19.6 Å². The topological polar surface area (TPSA) is 57.2 Å². The summed E-state index contributed by atoms with van der Waals surface area (Å²) in [5.74, 6) is 1.58. The lowest BCUT2D eigenvalue weighted by atomic mass is 10.2. The summed E-state index contributed by atoms with van der Waals surface area (Å²) in [4.78, 5) is 18.0. The van der Waals surface area contributed by atoms with Gasteiger partial charge in [0.25, 0.3) is 0 Å². The smallest absolute Gasteiger partial charge is 0.231 e. The van der Waals surface area contributed by atoms with Crippen LogP contribution in [0.15, 0.2) is 6.33 Å². The summed E-state index contributed by atoms with van der Waals surface area (Å²) < 4.78 is 0. The summed E-state index contributed by atoms with van der Waals surface area (Å²) in [6.07, 6.45) is 8.75. The van der Waals surface area contributed by atoms with Crippen molar-refractivity contribution >= 4 is 11.9 Å². The van der Waals surface area contributed by atoms with Crippen molar-refractivity contribution in [2.45, 2.75) is 59.3 Å². The van der Waals surface area contributed by atoms with Crippen molar-refractivity contribution in [3.05, 3.63) is 6.33 Å². The van der Waals surface area contributed by atoms with Gasteiger partial charge in [0.05, 0.1) is 6.67 Å². The molecule has 0 radical (unpaired) electrons. The fraction of sp³-hybridized carbons (Fsp3) is 0.824. The zero-order chi connectivity index (χ0) is 16.9. The lowest BCUT2D eigenvalue weighted by Crippen LogP contribution is -2.35. The van der Waals surface area contributed by atoms with Crippen LogP contribution in [0.5, 0.6) is 0 Å². The molecule has 6 heteroatoms. The van der Waals surface area contributed by atoms with Crippen LogP contribution in [0.2, 0.25) is 0 Å². The molecule has 1 aromatic rings. The highest BCUT2D eigenvalue weighted by Crippen LogP contribution is 2.14. The van der Waals surface area contributed by atoms with Crippen molar-refractivity contribution in [1.82, 2.24) is 20.3 Å². The Morgan fingerprint density at radius 3 is 2.09 bits per heavy atom. The molecular weight excluding hydrogens is 288 g/mol. The Morgan fingerprint density at radius 1 is 0.826 bits per heavy atom. The predicted octanol–water partition coefficient (Wildman–Crippen LogP) is 3.06. The molecule has 0 atom stereocenters. The first kappa shape index (κ1) is 19.6. The van der Waals surface area contributed by atoms with Crippen molar-refractivity contribution in [2.24, 2.45) is 0 Å². The highest BCUT2D eigenvalue weighted by molar-refractivity contribution is 5.37. The standard InChI is InChI=1S/C17H34N6/c1-5-8-10-13-22(12-9-6-2)16-19-14-20-17(21-16)23(11-7-3)15-18-4/h14,18H,5-13,15H2,1-4H3. The Kier molecular flexibility index (Phi) is 10.3. The maximum absolute atomic E-state index is 4.73. The zero-order valence-corrected chi connectivity index (χ0v) is 15.4. The molecular formula is C17H34N6. The summed E-state index contributed by atoms with van der Waals surface area (Å²) >= 11 is 0. The van der Waals surface area contributed by atoms with Gasteiger partial charge in [0.1, 0.15) is 6.33 Å². The number of nitrogens with one attached hydrogen (secondary N) is 1. The second-order valence-electron chi connectivity index (χ2n) is 5.91. The Hall–Kier alpha value is -1.43. The van der Waals surface area contributed by atoms with Crippen LogP contribution in [0.25, 0.3) is 0 Å². The molecule has 1 N–H and O–H groups in total. The molecule has 0 unspecified atom stereocenters. The van der Waals surface area contributed by atoms with E-state index in [1.54, 1.807) is 6.33 Å². The fourth-order valence-electron chi connectivity index (χ4n) is 2.51. The second kappa shape index (κ2) is 12.0. The molecule has 0 amide bonds. The Morgan fingerprint density at radius 2 is 1.48 bits per heavy atom. The molecule has 0 spiro atoms. The summed E-state index contributed by atoms with van der Waals surface area (Å²) in [5.41, 5.74) is 0. The largest absolute Gasteiger partial charge is 0.341 e. The maximum atomic E-state index is 4.73. The van der Waals surface area contributed by atoms with Gasteiger partial charge in [0.15, 0.2) is 0 Å². The lowest BCUT2D eigenvalue weighted by molar-refractivity contribution is 0.634. The molecule has 0 aromatic carbocycles. The molecule has 0 saturated heterocycles. The van der Waals surface area contributed by atoms with E-state index in [4.69, 9.17) is 4.98 Å². The van der Waals surface area contributed by atoms with Gasteiger partial charge in [-0.15, -0.1) is 0 Å². The highest BCUT2D eigenvalue weighted by Gasteiger charge is 2.13. The number of anilines is 2. The van der Waals surface area contributed by atoms with Gasteiger partial charge >= 0.3 is 0 Å². The Labute approximate surface area is 141 Å². The minimum Gasteiger partial charge on any atom is -0.341 e. The molecule has 0 aliphatic heterocycles. The van der Waals surface area contributed by atoms with E-state index in [-0.39, 0.29) is 0 Å². The van der Waals surface area contributed by atoms with E-state index >= 15 is 0 Å². The third-order valence-corrected chi connectivity index (χ3v) is 3.77. The van der Waals surface area contributed by atoms with Crippen LogP contribution in [0, 0.1) is 0 Å². The summed E-state index contributed by atoms with van der Waals surface area (Å²) in [5, 5.41) is 3.19. The summed E-state index contributed by atoms with van der Waals surface area (Å²) in [6, 6.07) is 0. The van der Waals surface area contributed by atoms with E-state index in [0.29, 0.717) is 0 Å². The van der Waals surface area contributed by atoms with Gasteiger partial charge in [-0.25, -0.2) is 9.97 Å². The molecule has 0 bridgehead atoms. The van der Waals surface area contributed by atoms with Crippen LogP contribution in [-0.2, 0) is 0 Å². The van der Waals surface area contributed by atoms with E-state index in [1.807, 2.05) is 7.05 Å². The molecule has 1 rings (SSSR count). The summed E-state index contributed by atoms with van der Waals surface area (Å²) in [6.45, 7) is 10.4. The molecule has 1 heterocycles. The van der Waals surface area contributed by atoms with Gasteiger partial charge < -0.3 is 15.1 Å². The molecule has 6 nitrogen and oxygen atoms in total. The van der Waals surface area contributed by atoms with Gasteiger partial charge in [0.2, 0.25) is 11.9 Å². The van der Waals surface area contributed by atoms with E-state index in [1.165, 1.54) is 32.1 Å². The van der Waals surface area contributed by atoms with Crippen molar-refractivity contribution in [3.8, 4) is 0 Å². The average Bonchev–Trinajstić information content (AvgIpc) is 2.58. The third-order valence-electron chi connectivity index (χ3n) is 3.77. The van der Waals surface area contributed by atoms with Gasteiger partial charge in [-0.05, 0) is 26.3 Å². The number of rotatable bonds is 13. The van der Waals surface area contributed by atoms with Crippen LogP contribution >= 0.6 is 0 Å². The molecule has 1 aromatic heterocycles. The maximum Gasteiger partial charge on any atom is 0.231 e. The molecule has 0 aliphatic carbocycles. The van der Waals surface area contributed by atoms with E-state index in [0.717, 1.165) is 44.6 Å². The van der Waals surface area contributed by atoms with E-state index in [2.05, 4.69) is 45.9 Å². The van der Waals surface area contributed by atoms with Crippen LogP contribution in [-0.4, -0.2) is 48.3 Å². The van der Waals surface area contributed by atoms with Gasteiger partial charge in [-0.2, -0.15) is 4.98 Å². The molecule has 0 fully saturated rings. The van der Waals surface area contributed by atoms with E-state index < -0.39 is 0 Å². The number of hydrogen-bond donors (Lipinski definition) is 1. The quantitative estimate of drug-likeness (QED) is 0.445. The van der Waals surface area contributed by atoms with Gasteiger partial charge in [-0.1, -0.05) is 40.0 Å². The van der Waals surface area contributed by atoms with Crippen LogP contribution in [0.1, 0.15) is 59.3 Å². The van der Waals surface area contributed by atoms with Crippen LogP contribution in [0.4, 0.5) is 11.9 Å². The SMILES string of the molecule is CCCCCN(CCCC)c1ncnc(N(CCC)CNC)n1. The van der Waals surface area contributed by atoms with Gasteiger partial charge in [-0.3, -0.25) is 0 Å². The molecule has 0 aliphatic rings. The van der Waals surface area contributed by atoms with Crippen LogP contribution < -0.4 is 15.1 Å². The minimum atomic E-state index is 0.752. The Bertz CT molecular complexity index is 406. The fourth-order valence-corrected chi connectivity index (χ4v) is 2.51. The second-order valence-corrected chi connectivity index (χ2v) is 5.91. The normalized spacial score (nSPS) is 10.8. The number of hydrogen-bond acceptors (Lipinski definition) is 6. The monoisotopic (exact) mass is 322 g/mol. The Balaban J connectivity index is 2.86. The first-order chi connectivity index (χ1) is 11.3. The molecule has 0 saturated carbocycles. The first-order valence-corrected chi connectivity index (χ1v) is 9.10. The molecule has 23 heavy (non-hydrogen) atoms.